The second kappa shape index (κ2) is 8.60. The Morgan fingerprint density at radius 1 is 1.12 bits per heavy atom. The summed E-state index contributed by atoms with van der Waals surface area (Å²) in [7, 11) is 0. The van der Waals surface area contributed by atoms with Crippen LogP contribution in [0, 0.1) is 5.92 Å². The van der Waals surface area contributed by atoms with Gasteiger partial charge in [0.05, 0.1) is 12.1 Å². The van der Waals surface area contributed by atoms with Gasteiger partial charge in [0.15, 0.2) is 0 Å². The largest absolute Gasteiger partial charge is 0.461 e. The molecule has 1 aromatic carbocycles. The lowest BCUT2D eigenvalue weighted by atomic mass is 9.86. The Hall–Kier alpha value is -2.43. The number of nitrogens with zero attached hydrogens (tertiary/aromatic N) is 2. The third kappa shape index (κ3) is 5.02. The Kier molecular flexibility index (Phi) is 5.99. The molecule has 0 bridgehead atoms. The number of aromatic nitrogens is 2. The number of rotatable bonds is 6. The van der Waals surface area contributed by atoms with Gasteiger partial charge in [-0.2, -0.15) is 0 Å². The highest BCUT2D eigenvalue weighted by Gasteiger charge is 2.27. The van der Waals surface area contributed by atoms with Gasteiger partial charge in [0, 0.05) is 18.4 Å². The summed E-state index contributed by atoms with van der Waals surface area (Å²) in [5.74, 6) is 0.733. The summed E-state index contributed by atoms with van der Waals surface area (Å²) in [5.41, 5.74) is 2.34. The molecule has 5 nitrogen and oxygen atoms in total. The highest BCUT2D eigenvalue weighted by atomic mass is 16.5. The average molecular weight is 339 g/mol. The number of anilines is 1. The molecule has 25 heavy (non-hydrogen) atoms. The fourth-order valence-corrected chi connectivity index (χ4v) is 3.20. The monoisotopic (exact) mass is 339 g/mol. The minimum atomic E-state index is -0.0717. The van der Waals surface area contributed by atoms with Crippen molar-refractivity contribution < 1.29 is 9.53 Å². The normalized spacial score (nSPS) is 20.0. The number of carbonyl (C=O) groups excluding carboxylic acids is 1. The van der Waals surface area contributed by atoms with Gasteiger partial charge in [-0.25, -0.2) is 4.98 Å². The number of benzene rings is 1. The summed E-state index contributed by atoms with van der Waals surface area (Å²) in [4.78, 5) is 20.6. The molecule has 1 aliphatic rings. The molecule has 0 radical (unpaired) electrons. The van der Waals surface area contributed by atoms with Gasteiger partial charge in [-0.3, -0.25) is 9.78 Å². The zero-order valence-corrected chi connectivity index (χ0v) is 14.6. The molecule has 5 heteroatoms. The molecule has 3 rings (SSSR count). The van der Waals surface area contributed by atoms with Crippen molar-refractivity contribution in [1.82, 2.24) is 9.97 Å². The molecule has 132 valence electrons. The third-order valence-electron chi connectivity index (χ3n) is 4.79. The average Bonchev–Trinajstić information content (AvgIpc) is 2.68. The van der Waals surface area contributed by atoms with E-state index >= 15 is 0 Å². The minimum absolute atomic E-state index is 0.00909. The first-order chi connectivity index (χ1) is 12.2. The van der Waals surface area contributed by atoms with Crippen LogP contribution in [-0.2, 0) is 22.6 Å². The predicted octanol–water partition coefficient (Wildman–Crippen LogP) is 3.75. The molecular weight excluding hydrogens is 314 g/mol. The van der Waals surface area contributed by atoms with Gasteiger partial charge in [-0.15, -0.1) is 0 Å². The van der Waals surface area contributed by atoms with Crippen LogP contribution < -0.4 is 5.32 Å². The molecule has 1 heterocycles. The lowest BCUT2D eigenvalue weighted by Crippen LogP contribution is -2.30. The SMILES string of the molecule is CCc1ccc(COC(=O)C2CCC(Nc3cnccn3)CC2)cc1. The van der Waals surface area contributed by atoms with Gasteiger partial charge in [0.25, 0.3) is 0 Å². The zero-order valence-electron chi connectivity index (χ0n) is 14.6. The van der Waals surface area contributed by atoms with E-state index in [1.165, 1.54) is 5.56 Å². The number of aryl methyl sites for hydroxylation is 1. The lowest BCUT2D eigenvalue weighted by Gasteiger charge is -2.28. The van der Waals surface area contributed by atoms with Gasteiger partial charge in [0.2, 0.25) is 0 Å². The number of ether oxygens (including phenoxy) is 1. The number of esters is 1. The van der Waals surface area contributed by atoms with Crippen molar-refractivity contribution >= 4 is 11.8 Å². The van der Waals surface area contributed by atoms with Crippen LogP contribution in [0.1, 0.15) is 43.7 Å². The molecule has 0 saturated heterocycles. The molecule has 0 unspecified atom stereocenters. The molecule has 2 aromatic rings. The summed E-state index contributed by atoms with van der Waals surface area (Å²) in [6, 6.07) is 8.60. The maximum Gasteiger partial charge on any atom is 0.309 e. The Labute approximate surface area is 148 Å². The van der Waals surface area contributed by atoms with Crippen LogP contribution in [0.2, 0.25) is 0 Å². The number of carbonyl (C=O) groups is 1. The first kappa shape index (κ1) is 17.4. The van der Waals surface area contributed by atoms with Crippen molar-refractivity contribution in [2.45, 2.75) is 51.7 Å². The summed E-state index contributed by atoms with van der Waals surface area (Å²) in [6.07, 6.45) is 9.68. The first-order valence-electron chi connectivity index (χ1n) is 9.01. The van der Waals surface area contributed by atoms with Crippen LogP contribution in [0.5, 0.6) is 0 Å². The quantitative estimate of drug-likeness (QED) is 0.812. The number of hydrogen-bond acceptors (Lipinski definition) is 5. The third-order valence-corrected chi connectivity index (χ3v) is 4.79. The topological polar surface area (TPSA) is 64.1 Å². The van der Waals surface area contributed by atoms with Crippen LogP contribution in [0.4, 0.5) is 5.82 Å². The van der Waals surface area contributed by atoms with Crippen LogP contribution >= 0.6 is 0 Å². The molecule has 1 aromatic heterocycles. The summed E-state index contributed by atoms with van der Waals surface area (Å²) >= 11 is 0. The van der Waals surface area contributed by atoms with Crippen molar-refractivity contribution in [2.24, 2.45) is 5.92 Å². The van der Waals surface area contributed by atoms with E-state index in [1.807, 2.05) is 12.1 Å². The molecule has 0 atom stereocenters. The van der Waals surface area contributed by atoms with E-state index in [-0.39, 0.29) is 11.9 Å². The van der Waals surface area contributed by atoms with Crippen molar-refractivity contribution in [2.75, 3.05) is 5.32 Å². The fraction of sp³-hybridized carbons (Fsp3) is 0.450. The Morgan fingerprint density at radius 2 is 1.84 bits per heavy atom. The molecule has 1 aliphatic carbocycles. The van der Waals surface area contributed by atoms with Crippen LogP contribution in [-0.4, -0.2) is 22.0 Å². The summed E-state index contributed by atoms with van der Waals surface area (Å²) in [6.45, 7) is 2.49. The molecule has 0 amide bonds. The van der Waals surface area contributed by atoms with Crippen molar-refractivity contribution in [3.8, 4) is 0 Å². The highest BCUT2D eigenvalue weighted by Crippen LogP contribution is 2.27. The summed E-state index contributed by atoms with van der Waals surface area (Å²) < 4.78 is 5.51. The van der Waals surface area contributed by atoms with E-state index in [2.05, 4.69) is 34.3 Å². The Morgan fingerprint density at radius 3 is 2.48 bits per heavy atom. The highest BCUT2D eigenvalue weighted by molar-refractivity contribution is 5.72. The van der Waals surface area contributed by atoms with Gasteiger partial charge in [-0.1, -0.05) is 31.2 Å². The van der Waals surface area contributed by atoms with Gasteiger partial charge in [0.1, 0.15) is 12.4 Å². The molecule has 1 saturated carbocycles. The smallest absolute Gasteiger partial charge is 0.309 e. The first-order valence-corrected chi connectivity index (χ1v) is 9.01. The molecule has 0 spiro atoms. The Bertz CT molecular complexity index is 665. The minimum Gasteiger partial charge on any atom is -0.461 e. The standard InChI is InChI=1S/C20H25N3O2/c1-2-15-3-5-16(6-4-15)14-25-20(24)17-7-9-18(10-8-17)23-19-13-21-11-12-22-19/h3-6,11-13,17-18H,2,7-10,14H2,1H3,(H,22,23). The molecule has 1 fully saturated rings. The van der Waals surface area contributed by atoms with E-state index in [4.69, 9.17) is 4.74 Å². The van der Waals surface area contributed by atoms with E-state index in [0.29, 0.717) is 12.6 Å². The second-order valence-electron chi connectivity index (χ2n) is 6.56. The maximum absolute atomic E-state index is 12.3. The van der Waals surface area contributed by atoms with Crippen molar-refractivity contribution in [3.63, 3.8) is 0 Å². The number of hydrogen-bond donors (Lipinski definition) is 1. The molecule has 0 aliphatic heterocycles. The Balaban J connectivity index is 1.41. The van der Waals surface area contributed by atoms with E-state index in [9.17, 15) is 4.79 Å². The second-order valence-corrected chi connectivity index (χ2v) is 6.56. The van der Waals surface area contributed by atoms with Crippen LogP contribution in [0.15, 0.2) is 42.9 Å². The van der Waals surface area contributed by atoms with Crippen LogP contribution in [0.3, 0.4) is 0 Å². The fourth-order valence-electron chi connectivity index (χ4n) is 3.20. The van der Waals surface area contributed by atoms with E-state index < -0.39 is 0 Å². The predicted molar refractivity (Wildman–Crippen MR) is 97.0 cm³/mol. The molecular formula is C20H25N3O2. The van der Waals surface area contributed by atoms with Crippen molar-refractivity contribution in [1.29, 1.82) is 0 Å². The van der Waals surface area contributed by atoms with Gasteiger partial charge >= 0.3 is 5.97 Å². The lowest BCUT2D eigenvalue weighted by molar-refractivity contribution is -0.151. The maximum atomic E-state index is 12.3. The number of nitrogens with one attached hydrogen (secondary N) is 1. The zero-order chi connectivity index (χ0) is 17.5. The van der Waals surface area contributed by atoms with E-state index in [0.717, 1.165) is 43.5 Å². The van der Waals surface area contributed by atoms with E-state index in [1.54, 1.807) is 18.6 Å². The summed E-state index contributed by atoms with van der Waals surface area (Å²) in [5, 5.41) is 3.38. The van der Waals surface area contributed by atoms with Gasteiger partial charge < -0.3 is 10.1 Å². The van der Waals surface area contributed by atoms with Crippen LogP contribution in [0.25, 0.3) is 0 Å². The van der Waals surface area contributed by atoms with Crippen molar-refractivity contribution in [3.05, 3.63) is 54.0 Å². The molecule has 1 N–H and O–H groups in total. The van der Waals surface area contributed by atoms with Gasteiger partial charge in [-0.05, 0) is 43.2 Å².